The molecule has 200 valence electrons. The maximum absolute atomic E-state index is 11.8. The maximum Gasteiger partial charge on any atom is 0.416 e. The van der Waals surface area contributed by atoms with Crippen LogP contribution >= 0.6 is 0 Å². The molecule has 0 radical (unpaired) electrons. The summed E-state index contributed by atoms with van der Waals surface area (Å²) >= 11 is 0. The van der Waals surface area contributed by atoms with Gasteiger partial charge in [0, 0.05) is 38.7 Å². The van der Waals surface area contributed by atoms with Gasteiger partial charge in [-0.25, -0.2) is 4.79 Å². The van der Waals surface area contributed by atoms with Gasteiger partial charge in [-0.3, -0.25) is 0 Å². The maximum atomic E-state index is 11.8. The Kier molecular flexibility index (Phi) is 11.7. The minimum atomic E-state index is -4.21. The van der Waals surface area contributed by atoms with E-state index in [1.807, 2.05) is 4.90 Å². The summed E-state index contributed by atoms with van der Waals surface area (Å²) in [5.74, 6) is 0.182. The zero-order chi connectivity index (χ0) is 26.6. The number of piperidine rings is 2. The first kappa shape index (κ1) is 29.2. The second-order valence-corrected chi connectivity index (χ2v) is 8.86. The molecule has 0 saturated carbocycles. The van der Waals surface area contributed by atoms with Crippen molar-refractivity contribution in [1.82, 2.24) is 26.0 Å². The van der Waals surface area contributed by atoms with Gasteiger partial charge < -0.3 is 26.0 Å². The fourth-order valence-electron chi connectivity index (χ4n) is 4.16. The number of nitrogens with one attached hydrogen (secondary N) is 3. The number of hydrogen-bond acceptors (Lipinski definition) is 6. The molecule has 36 heavy (non-hydrogen) atoms. The molecule has 8 nitrogen and oxygen atoms in total. The minimum absolute atomic E-state index is 0.0424. The summed E-state index contributed by atoms with van der Waals surface area (Å²) in [5.41, 5.74) is 6.88. The van der Waals surface area contributed by atoms with E-state index in [2.05, 4.69) is 44.9 Å². The molecule has 3 heterocycles. The fraction of sp³-hybridized carbons (Fsp3) is 0.560. The van der Waals surface area contributed by atoms with Crippen LogP contribution in [0, 0.1) is 5.92 Å². The molecule has 3 aliphatic heterocycles. The van der Waals surface area contributed by atoms with Gasteiger partial charge in [0.1, 0.15) is 0 Å². The number of likely N-dealkylation sites (tertiary alicyclic amines) is 2. The van der Waals surface area contributed by atoms with E-state index in [0.29, 0.717) is 6.54 Å². The normalized spacial score (nSPS) is 21.6. The van der Waals surface area contributed by atoms with E-state index in [0.717, 1.165) is 36.4 Å². The van der Waals surface area contributed by atoms with E-state index in [4.69, 9.17) is 0 Å². The zero-order valence-electron chi connectivity index (χ0n) is 21.3. The molecule has 0 spiro atoms. The second kappa shape index (κ2) is 14.5. The predicted octanol–water partition coefficient (Wildman–Crippen LogP) is 3.54. The number of carbonyl (C=O) groups is 1. The summed E-state index contributed by atoms with van der Waals surface area (Å²) in [4.78, 5) is 15.9. The molecule has 2 saturated heterocycles. The predicted molar refractivity (Wildman–Crippen MR) is 138 cm³/mol. The van der Waals surface area contributed by atoms with E-state index >= 15 is 0 Å². The van der Waals surface area contributed by atoms with Crippen LogP contribution in [0.15, 0.2) is 52.7 Å². The van der Waals surface area contributed by atoms with Crippen molar-refractivity contribution in [3.8, 4) is 0 Å². The first-order valence-electron chi connectivity index (χ1n) is 12.2. The average Bonchev–Trinajstić information content (AvgIpc) is 3.31. The Hall–Kier alpha value is -3.08. The van der Waals surface area contributed by atoms with Gasteiger partial charge in [0.15, 0.2) is 0 Å². The molecule has 11 heteroatoms. The summed E-state index contributed by atoms with van der Waals surface area (Å²) in [7, 11) is 5.57. The lowest BCUT2D eigenvalue weighted by Crippen LogP contribution is -2.51. The lowest BCUT2D eigenvalue weighted by atomic mass is 9.87. The standard InChI is InChI=1S/C12H20N6O.C7H5F3.C6H13N/c1-8(6-15-14-3)11-9-7-18(12(19)13-2)5-4-10(9)16-17-11;8-7(9,10)6-4-2-1-3-5-6;1-7-5-3-2-4-6-7/h6,9-10,14,16H,1,4-5,7H2,2-3H3,(H,13,19);1-5H;2-6H2,1H3/b15-6-;;. The Labute approximate surface area is 211 Å². The van der Waals surface area contributed by atoms with Crippen molar-refractivity contribution in [2.24, 2.45) is 16.1 Å². The van der Waals surface area contributed by atoms with E-state index in [1.165, 1.54) is 44.5 Å². The van der Waals surface area contributed by atoms with E-state index in [-0.39, 0.29) is 18.0 Å². The molecule has 4 rings (SSSR count). The van der Waals surface area contributed by atoms with Gasteiger partial charge in [-0.1, -0.05) is 43.3 Å². The largest absolute Gasteiger partial charge is 0.416 e. The summed E-state index contributed by atoms with van der Waals surface area (Å²) in [5, 5.41) is 11.0. The fourth-order valence-corrected chi connectivity index (χ4v) is 4.16. The topological polar surface area (TPSA) is 84.4 Å². The smallest absolute Gasteiger partial charge is 0.341 e. The number of amides is 2. The van der Waals surface area contributed by atoms with Crippen LogP contribution in [0.4, 0.5) is 18.0 Å². The lowest BCUT2D eigenvalue weighted by Gasteiger charge is -2.34. The highest BCUT2D eigenvalue weighted by Crippen LogP contribution is 2.28. The van der Waals surface area contributed by atoms with Crippen LogP contribution in [0.3, 0.4) is 0 Å². The molecule has 3 aliphatic rings. The third-order valence-corrected chi connectivity index (χ3v) is 6.18. The van der Waals surface area contributed by atoms with Crippen molar-refractivity contribution >= 4 is 18.0 Å². The third kappa shape index (κ3) is 9.18. The van der Waals surface area contributed by atoms with Crippen LogP contribution in [-0.2, 0) is 6.18 Å². The number of fused-ring (bicyclic) bond motifs is 1. The first-order chi connectivity index (χ1) is 17.2. The molecule has 1 aromatic rings. The van der Waals surface area contributed by atoms with Gasteiger partial charge in [-0.05, 0) is 39.4 Å². The summed E-state index contributed by atoms with van der Waals surface area (Å²) in [6.45, 7) is 8.01. The van der Waals surface area contributed by atoms with Crippen molar-refractivity contribution in [1.29, 1.82) is 0 Å². The lowest BCUT2D eigenvalue weighted by molar-refractivity contribution is -0.137. The number of allylic oxidation sites excluding steroid dienone is 1. The van der Waals surface area contributed by atoms with Crippen molar-refractivity contribution in [2.45, 2.75) is 37.9 Å². The molecule has 0 aliphatic carbocycles. The molecule has 2 unspecified atom stereocenters. The number of hydrogen-bond donors (Lipinski definition) is 3. The summed E-state index contributed by atoms with van der Waals surface area (Å²) in [6, 6.07) is 6.61. The van der Waals surface area contributed by atoms with E-state index in [9.17, 15) is 18.0 Å². The summed E-state index contributed by atoms with van der Waals surface area (Å²) in [6.07, 6.45) is 2.61. The number of hydrazone groups is 2. The average molecular weight is 510 g/mol. The number of halogens is 3. The Morgan fingerprint density at radius 2 is 1.83 bits per heavy atom. The van der Waals surface area contributed by atoms with Crippen LogP contribution in [0.25, 0.3) is 0 Å². The van der Waals surface area contributed by atoms with Gasteiger partial charge in [0.2, 0.25) is 0 Å². The van der Waals surface area contributed by atoms with Crippen LogP contribution in [-0.4, -0.2) is 81.1 Å². The van der Waals surface area contributed by atoms with Gasteiger partial charge in [-0.2, -0.15) is 23.4 Å². The quantitative estimate of drug-likeness (QED) is 0.430. The second-order valence-electron chi connectivity index (χ2n) is 8.86. The SMILES string of the molecule is C=C(/C=N\NC)C1=NNC2CCN(C(=O)NC)CC12.CN1CCCCC1.FC(F)(F)c1ccccc1. The highest BCUT2D eigenvalue weighted by atomic mass is 19.4. The highest BCUT2D eigenvalue weighted by molar-refractivity contribution is 6.17. The van der Waals surface area contributed by atoms with Crippen LogP contribution < -0.4 is 16.2 Å². The van der Waals surface area contributed by atoms with Gasteiger partial charge in [-0.15, -0.1) is 0 Å². The molecule has 3 N–H and O–H groups in total. The van der Waals surface area contributed by atoms with Crippen LogP contribution in [0.2, 0.25) is 0 Å². The first-order valence-corrected chi connectivity index (χ1v) is 12.2. The van der Waals surface area contributed by atoms with Gasteiger partial charge in [0.25, 0.3) is 0 Å². The Morgan fingerprint density at radius 1 is 1.17 bits per heavy atom. The molecule has 2 fully saturated rings. The molecule has 2 amide bonds. The molecular weight excluding hydrogens is 471 g/mol. The van der Waals surface area contributed by atoms with Gasteiger partial charge >= 0.3 is 12.2 Å². The molecule has 2 atom stereocenters. The monoisotopic (exact) mass is 509 g/mol. The van der Waals surface area contributed by atoms with Crippen molar-refractivity contribution in [3.05, 3.63) is 48.0 Å². The number of carbonyl (C=O) groups excluding carboxylic acids is 1. The van der Waals surface area contributed by atoms with Crippen molar-refractivity contribution in [3.63, 3.8) is 0 Å². The van der Waals surface area contributed by atoms with Crippen molar-refractivity contribution in [2.75, 3.05) is 47.3 Å². The molecule has 0 aromatic heterocycles. The minimum Gasteiger partial charge on any atom is -0.341 e. The number of urea groups is 1. The van der Waals surface area contributed by atoms with Crippen LogP contribution in [0.1, 0.15) is 31.2 Å². The number of rotatable bonds is 3. The molecule has 0 bridgehead atoms. The number of benzene rings is 1. The Morgan fingerprint density at radius 3 is 2.33 bits per heavy atom. The van der Waals surface area contributed by atoms with E-state index in [1.54, 1.807) is 26.4 Å². The number of nitrogens with zero attached hydrogens (tertiary/aromatic N) is 4. The Bertz CT molecular complexity index is 883. The Balaban J connectivity index is 0.000000222. The molecular formula is C25H38F3N7O. The highest BCUT2D eigenvalue weighted by Gasteiger charge is 2.38. The third-order valence-electron chi connectivity index (χ3n) is 6.18. The summed E-state index contributed by atoms with van der Waals surface area (Å²) < 4.78 is 35.4. The van der Waals surface area contributed by atoms with Gasteiger partial charge in [0.05, 0.1) is 23.5 Å². The molecule has 1 aromatic carbocycles. The van der Waals surface area contributed by atoms with Crippen molar-refractivity contribution < 1.29 is 18.0 Å². The van der Waals surface area contributed by atoms with E-state index < -0.39 is 11.7 Å². The number of alkyl halides is 3. The van der Waals surface area contributed by atoms with Crippen LogP contribution in [0.5, 0.6) is 0 Å². The zero-order valence-corrected chi connectivity index (χ0v) is 21.3.